The zero-order valence-corrected chi connectivity index (χ0v) is 12.1. The van der Waals surface area contributed by atoms with Crippen LogP contribution in [0.1, 0.15) is 19.4 Å². The van der Waals surface area contributed by atoms with Crippen molar-refractivity contribution in [1.29, 1.82) is 0 Å². The summed E-state index contributed by atoms with van der Waals surface area (Å²) in [5, 5.41) is 14.3. The molecule has 2 aromatic rings. The van der Waals surface area contributed by atoms with Gasteiger partial charge in [-0.2, -0.15) is 4.68 Å². The number of carbonyl (C=O) groups excluding carboxylic acids is 1. The third kappa shape index (κ3) is 5.85. The summed E-state index contributed by atoms with van der Waals surface area (Å²) in [4.78, 5) is 19.4. The van der Waals surface area contributed by atoms with Crippen molar-refractivity contribution in [3.05, 3.63) is 52.2 Å². The molecule has 0 aliphatic heterocycles. The monoisotopic (exact) mass is 291 g/mol. The number of hydrogen-bond donors (Lipinski definition) is 0. The van der Waals surface area contributed by atoms with E-state index in [4.69, 9.17) is 4.74 Å². The van der Waals surface area contributed by atoms with Crippen molar-refractivity contribution in [2.75, 3.05) is 7.11 Å². The summed E-state index contributed by atoms with van der Waals surface area (Å²) in [7, 11) is 1.60. The molecular formula is C14H17N3O4. The Labute approximate surface area is 122 Å². The third-order valence-electron chi connectivity index (χ3n) is 2.32. The van der Waals surface area contributed by atoms with E-state index in [-0.39, 0.29) is 11.6 Å². The second kappa shape index (κ2) is 7.78. The van der Waals surface area contributed by atoms with Crippen molar-refractivity contribution in [2.24, 2.45) is 0 Å². The van der Waals surface area contributed by atoms with Gasteiger partial charge in [-0.1, -0.05) is 12.1 Å². The molecule has 1 heterocycles. The first-order valence-electron chi connectivity index (χ1n) is 6.20. The molecule has 0 radical (unpaired) electrons. The van der Waals surface area contributed by atoms with Crippen LogP contribution in [0.3, 0.4) is 0 Å². The van der Waals surface area contributed by atoms with Crippen molar-refractivity contribution in [2.45, 2.75) is 20.4 Å². The lowest BCUT2D eigenvalue weighted by atomic mass is 10.2. The van der Waals surface area contributed by atoms with Gasteiger partial charge >= 0.3 is 5.82 Å². The lowest BCUT2D eigenvalue weighted by molar-refractivity contribution is -0.389. The minimum Gasteiger partial charge on any atom is -0.497 e. The van der Waals surface area contributed by atoms with E-state index in [9.17, 15) is 14.9 Å². The molecule has 0 aliphatic rings. The second-order valence-corrected chi connectivity index (χ2v) is 4.38. The second-order valence-electron chi connectivity index (χ2n) is 4.38. The van der Waals surface area contributed by atoms with Gasteiger partial charge in [-0.15, -0.1) is 0 Å². The van der Waals surface area contributed by atoms with Gasteiger partial charge in [-0.3, -0.25) is 0 Å². The molecule has 0 fully saturated rings. The molecule has 21 heavy (non-hydrogen) atoms. The van der Waals surface area contributed by atoms with Crippen molar-refractivity contribution in [3.8, 4) is 5.75 Å². The van der Waals surface area contributed by atoms with Crippen molar-refractivity contribution in [1.82, 2.24) is 9.78 Å². The predicted octanol–water partition coefficient (Wildman–Crippen LogP) is 2.44. The Morgan fingerprint density at radius 1 is 1.29 bits per heavy atom. The van der Waals surface area contributed by atoms with Crippen LogP contribution in [0.5, 0.6) is 5.75 Å². The van der Waals surface area contributed by atoms with Crippen LogP contribution in [-0.4, -0.2) is 27.6 Å². The van der Waals surface area contributed by atoms with Gasteiger partial charge in [0, 0.05) is 0 Å². The fourth-order valence-electron chi connectivity index (χ4n) is 1.45. The number of rotatable bonds is 4. The average molecular weight is 291 g/mol. The number of nitro groups is 1. The van der Waals surface area contributed by atoms with Gasteiger partial charge in [0.1, 0.15) is 11.5 Å². The number of nitrogens with zero attached hydrogens (tertiary/aromatic N) is 3. The molecule has 0 amide bonds. The minimum absolute atomic E-state index is 0.140. The third-order valence-corrected chi connectivity index (χ3v) is 2.32. The van der Waals surface area contributed by atoms with Crippen LogP contribution in [-0.2, 0) is 11.3 Å². The maximum Gasteiger partial charge on any atom is 0.389 e. The maximum atomic E-state index is 10.5. The van der Waals surface area contributed by atoms with Crippen LogP contribution in [0, 0.1) is 10.1 Å². The highest BCUT2D eigenvalue weighted by Crippen LogP contribution is 2.13. The molecule has 0 aliphatic carbocycles. The Balaban J connectivity index is 0.000000491. The molecule has 7 nitrogen and oxygen atoms in total. The Morgan fingerprint density at radius 3 is 2.29 bits per heavy atom. The Morgan fingerprint density at radius 2 is 1.86 bits per heavy atom. The summed E-state index contributed by atoms with van der Waals surface area (Å²) >= 11 is 0. The van der Waals surface area contributed by atoms with Gasteiger partial charge in [0.15, 0.2) is 0 Å². The number of hydrogen-bond acceptors (Lipinski definition) is 5. The zero-order valence-electron chi connectivity index (χ0n) is 12.1. The van der Waals surface area contributed by atoms with Gasteiger partial charge in [0.2, 0.25) is 0 Å². The molecule has 112 valence electrons. The first-order valence-corrected chi connectivity index (χ1v) is 6.20. The van der Waals surface area contributed by atoms with Crippen LogP contribution in [0.2, 0.25) is 0 Å². The standard InChI is InChI=1S/C11H11N3O3.C3H6O/c1-17-10-4-2-9(3-5-10)8-13-7-6-11(12-13)14(15)16;1-3(2)4/h2-7H,8H2,1H3;1-2H3. The number of carbonyl (C=O) groups is 1. The lowest BCUT2D eigenvalue weighted by Gasteiger charge is -2.01. The van der Waals surface area contributed by atoms with Crippen molar-refractivity contribution < 1.29 is 14.5 Å². The number of benzene rings is 1. The van der Waals surface area contributed by atoms with Crippen molar-refractivity contribution >= 4 is 11.6 Å². The van der Waals surface area contributed by atoms with E-state index >= 15 is 0 Å². The summed E-state index contributed by atoms with van der Waals surface area (Å²) in [5.74, 6) is 0.804. The molecule has 1 aromatic carbocycles. The summed E-state index contributed by atoms with van der Waals surface area (Å²) in [6.07, 6.45) is 1.59. The summed E-state index contributed by atoms with van der Waals surface area (Å²) in [5.41, 5.74) is 1.00. The van der Waals surface area contributed by atoms with E-state index in [1.807, 2.05) is 24.3 Å². The molecule has 0 saturated heterocycles. The van der Waals surface area contributed by atoms with Crippen LogP contribution in [0.25, 0.3) is 0 Å². The highest BCUT2D eigenvalue weighted by molar-refractivity contribution is 5.72. The highest BCUT2D eigenvalue weighted by atomic mass is 16.6. The molecule has 0 N–H and O–H groups in total. The van der Waals surface area contributed by atoms with E-state index in [1.165, 1.54) is 24.6 Å². The first-order chi connectivity index (χ1) is 9.92. The number of ether oxygens (including phenoxy) is 1. The Bertz CT molecular complexity index is 601. The summed E-state index contributed by atoms with van der Waals surface area (Å²) in [6, 6.07) is 8.85. The van der Waals surface area contributed by atoms with E-state index in [1.54, 1.807) is 13.3 Å². The van der Waals surface area contributed by atoms with Gasteiger partial charge in [0.25, 0.3) is 0 Å². The Hall–Kier alpha value is -2.70. The van der Waals surface area contributed by atoms with Crippen molar-refractivity contribution in [3.63, 3.8) is 0 Å². The van der Waals surface area contributed by atoms with Crippen LogP contribution in [0.4, 0.5) is 5.82 Å². The SMILES string of the molecule is CC(C)=O.COc1ccc(Cn2ccc([N+](=O)[O-])n2)cc1. The maximum absolute atomic E-state index is 10.5. The highest BCUT2D eigenvalue weighted by Gasteiger charge is 2.10. The molecule has 2 rings (SSSR count). The van der Waals surface area contributed by atoms with Gasteiger partial charge in [-0.25, -0.2) is 0 Å². The number of methoxy groups -OCH3 is 1. The number of Topliss-reactive ketones (excluding diaryl/α,β-unsaturated/α-hetero) is 1. The van der Waals surface area contributed by atoms with Crippen LogP contribution < -0.4 is 4.74 Å². The number of aromatic nitrogens is 2. The molecule has 0 atom stereocenters. The smallest absolute Gasteiger partial charge is 0.389 e. The predicted molar refractivity (Wildman–Crippen MR) is 77.3 cm³/mol. The molecule has 0 bridgehead atoms. The quantitative estimate of drug-likeness (QED) is 0.637. The zero-order chi connectivity index (χ0) is 15.8. The van der Waals surface area contributed by atoms with Gasteiger partial charge in [-0.05, 0) is 36.5 Å². The Kier molecular flexibility index (Phi) is 6.06. The van der Waals surface area contributed by atoms with E-state index < -0.39 is 4.92 Å². The van der Waals surface area contributed by atoms with Gasteiger partial charge < -0.3 is 19.6 Å². The molecule has 0 saturated carbocycles. The van der Waals surface area contributed by atoms with E-state index in [0.717, 1.165) is 11.3 Å². The van der Waals surface area contributed by atoms with Crippen LogP contribution >= 0.6 is 0 Å². The fourth-order valence-corrected chi connectivity index (χ4v) is 1.45. The largest absolute Gasteiger partial charge is 0.497 e. The molecule has 0 spiro atoms. The molecular weight excluding hydrogens is 274 g/mol. The fraction of sp³-hybridized carbons (Fsp3) is 0.286. The summed E-state index contributed by atoms with van der Waals surface area (Å²) in [6.45, 7) is 3.55. The minimum atomic E-state index is -0.509. The topological polar surface area (TPSA) is 87.3 Å². The molecule has 0 unspecified atom stereocenters. The van der Waals surface area contributed by atoms with Gasteiger partial charge in [0.05, 0.1) is 31.0 Å². The summed E-state index contributed by atoms with van der Waals surface area (Å²) < 4.78 is 6.57. The van der Waals surface area contributed by atoms with E-state index in [0.29, 0.717) is 6.54 Å². The first kappa shape index (κ1) is 16.4. The molecule has 7 heteroatoms. The average Bonchev–Trinajstić information content (AvgIpc) is 2.88. The molecule has 1 aromatic heterocycles. The lowest BCUT2D eigenvalue weighted by Crippen LogP contribution is -2.01. The van der Waals surface area contributed by atoms with E-state index in [2.05, 4.69) is 5.10 Å². The number of ketones is 1. The normalized spacial score (nSPS) is 9.48. The van der Waals surface area contributed by atoms with Crippen LogP contribution in [0.15, 0.2) is 36.5 Å².